The minimum Gasteiger partial charge on any atom is -0.393 e. The lowest BCUT2D eigenvalue weighted by Crippen LogP contribution is -2.39. The van der Waals surface area contributed by atoms with E-state index in [1.807, 2.05) is 0 Å². The molecule has 0 aliphatic heterocycles. The molecule has 1 aliphatic rings. The Labute approximate surface area is 94.7 Å². The second-order valence-corrected chi connectivity index (χ2v) is 6.47. The van der Waals surface area contributed by atoms with E-state index in [1.54, 1.807) is 0 Å². The van der Waals surface area contributed by atoms with E-state index in [4.69, 9.17) is 0 Å². The van der Waals surface area contributed by atoms with Gasteiger partial charge in [-0.25, -0.2) is 0 Å². The average molecular weight is 213 g/mol. The first-order valence-electron chi connectivity index (χ1n) is 6.13. The molecule has 1 rings (SSSR count). The van der Waals surface area contributed by atoms with E-state index >= 15 is 0 Å². The molecule has 2 nitrogen and oxygen atoms in total. The molecule has 0 heterocycles. The van der Waals surface area contributed by atoms with Crippen LogP contribution in [0.5, 0.6) is 0 Å². The minimum atomic E-state index is -0.0778. The van der Waals surface area contributed by atoms with Crippen LogP contribution in [-0.4, -0.2) is 36.8 Å². The van der Waals surface area contributed by atoms with Gasteiger partial charge in [0.05, 0.1) is 6.10 Å². The fourth-order valence-electron chi connectivity index (χ4n) is 2.70. The van der Waals surface area contributed by atoms with Crippen molar-refractivity contribution in [3.05, 3.63) is 0 Å². The number of hydrogen-bond acceptors (Lipinski definition) is 2. The molecule has 90 valence electrons. The van der Waals surface area contributed by atoms with Gasteiger partial charge in [-0.3, -0.25) is 0 Å². The van der Waals surface area contributed by atoms with Gasteiger partial charge in [-0.1, -0.05) is 20.8 Å². The summed E-state index contributed by atoms with van der Waals surface area (Å²) in [6.07, 6.45) is 3.28. The standard InChI is InChI=1S/C13H27NO/c1-13(2,3)11-6-7-12(15)10(8-11)9-14(4)5/h10-12,15H,6-9H2,1-5H3. The van der Waals surface area contributed by atoms with Crippen molar-refractivity contribution < 1.29 is 5.11 Å². The Balaban J connectivity index is 2.56. The van der Waals surface area contributed by atoms with Crippen LogP contribution in [0.1, 0.15) is 40.0 Å². The number of aliphatic hydroxyl groups is 1. The highest BCUT2D eigenvalue weighted by molar-refractivity contribution is 4.86. The van der Waals surface area contributed by atoms with Crippen LogP contribution in [0.15, 0.2) is 0 Å². The number of rotatable bonds is 2. The maximum Gasteiger partial charge on any atom is 0.0580 e. The molecule has 1 N–H and O–H groups in total. The highest BCUT2D eigenvalue weighted by Crippen LogP contribution is 2.40. The summed E-state index contributed by atoms with van der Waals surface area (Å²) < 4.78 is 0. The maximum atomic E-state index is 9.97. The van der Waals surface area contributed by atoms with E-state index in [-0.39, 0.29) is 6.10 Å². The third-order valence-corrected chi connectivity index (χ3v) is 3.77. The summed E-state index contributed by atoms with van der Waals surface area (Å²) >= 11 is 0. The Morgan fingerprint density at radius 3 is 2.27 bits per heavy atom. The second-order valence-electron chi connectivity index (χ2n) is 6.47. The first-order chi connectivity index (χ1) is 6.80. The third-order valence-electron chi connectivity index (χ3n) is 3.77. The van der Waals surface area contributed by atoms with Crippen molar-refractivity contribution in [3.8, 4) is 0 Å². The summed E-state index contributed by atoms with van der Waals surface area (Å²) in [6.45, 7) is 7.99. The zero-order valence-corrected chi connectivity index (χ0v) is 11.0. The maximum absolute atomic E-state index is 9.97. The van der Waals surface area contributed by atoms with Crippen LogP contribution in [0.4, 0.5) is 0 Å². The molecule has 0 aromatic heterocycles. The summed E-state index contributed by atoms with van der Waals surface area (Å²) in [7, 11) is 4.18. The van der Waals surface area contributed by atoms with E-state index in [1.165, 1.54) is 12.8 Å². The lowest BCUT2D eigenvalue weighted by Gasteiger charge is -2.41. The molecule has 0 aromatic rings. The molecule has 1 fully saturated rings. The minimum absolute atomic E-state index is 0.0778. The van der Waals surface area contributed by atoms with Crippen molar-refractivity contribution in [2.24, 2.45) is 17.3 Å². The van der Waals surface area contributed by atoms with E-state index in [0.29, 0.717) is 11.3 Å². The summed E-state index contributed by atoms with van der Waals surface area (Å²) in [5.41, 5.74) is 0.394. The van der Waals surface area contributed by atoms with Gasteiger partial charge in [-0.05, 0) is 50.6 Å². The van der Waals surface area contributed by atoms with Gasteiger partial charge in [0.15, 0.2) is 0 Å². The molecular formula is C13H27NO. The van der Waals surface area contributed by atoms with Gasteiger partial charge in [0.2, 0.25) is 0 Å². The Hall–Kier alpha value is -0.0800. The highest BCUT2D eigenvalue weighted by Gasteiger charge is 2.34. The molecule has 0 spiro atoms. The van der Waals surface area contributed by atoms with Gasteiger partial charge in [0.1, 0.15) is 0 Å². The number of nitrogens with zero attached hydrogens (tertiary/aromatic N) is 1. The van der Waals surface area contributed by atoms with Gasteiger partial charge in [0, 0.05) is 6.54 Å². The third kappa shape index (κ3) is 3.76. The summed E-state index contributed by atoms with van der Waals surface area (Å²) in [5.74, 6) is 1.24. The number of hydrogen-bond donors (Lipinski definition) is 1. The van der Waals surface area contributed by atoms with Crippen molar-refractivity contribution >= 4 is 0 Å². The molecule has 3 unspecified atom stereocenters. The topological polar surface area (TPSA) is 23.5 Å². The van der Waals surface area contributed by atoms with Gasteiger partial charge < -0.3 is 10.0 Å². The van der Waals surface area contributed by atoms with Crippen molar-refractivity contribution in [2.75, 3.05) is 20.6 Å². The van der Waals surface area contributed by atoms with Crippen LogP contribution in [0.25, 0.3) is 0 Å². The molecule has 1 aliphatic carbocycles. The summed E-state index contributed by atoms with van der Waals surface area (Å²) in [6, 6.07) is 0. The first-order valence-corrected chi connectivity index (χ1v) is 6.13. The normalized spacial score (nSPS) is 33.4. The van der Waals surface area contributed by atoms with Crippen LogP contribution in [0.2, 0.25) is 0 Å². The molecule has 15 heavy (non-hydrogen) atoms. The monoisotopic (exact) mass is 213 g/mol. The van der Waals surface area contributed by atoms with Crippen LogP contribution in [0, 0.1) is 17.3 Å². The highest BCUT2D eigenvalue weighted by atomic mass is 16.3. The predicted octanol–water partition coefficient (Wildman–Crippen LogP) is 2.37. The zero-order chi connectivity index (χ0) is 11.6. The quantitative estimate of drug-likeness (QED) is 0.761. The molecule has 1 saturated carbocycles. The smallest absolute Gasteiger partial charge is 0.0580 e. The van der Waals surface area contributed by atoms with Gasteiger partial charge in [-0.2, -0.15) is 0 Å². The SMILES string of the molecule is CN(C)CC1CC(C(C)(C)C)CCC1O. The van der Waals surface area contributed by atoms with Crippen molar-refractivity contribution in [1.82, 2.24) is 4.90 Å². The number of aliphatic hydroxyl groups excluding tert-OH is 1. The molecule has 0 radical (unpaired) electrons. The Morgan fingerprint density at radius 1 is 1.20 bits per heavy atom. The average Bonchev–Trinajstić information content (AvgIpc) is 2.06. The molecule has 0 amide bonds. The van der Waals surface area contributed by atoms with Gasteiger partial charge in [-0.15, -0.1) is 0 Å². The molecular weight excluding hydrogens is 186 g/mol. The molecule has 0 bridgehead atoms. The van der Waals surface area contributed by atoms with Crippen LogP contribution >= 0.6 is 0 Å². The summed E-state index contributed by atoms with van der Waals surface area (Å²) in [5, 5.41) is 9.97. The second kappa shape index (κ2) is 4.84. The van der Waals surface area contributed by atoms with Crippen molar-refractivity contribution in [2.45, 2.75) is 46.1 Å². The summed E-state index contributed by atoms with van der Waals surface area (Å²) in [4.78, 5) is 2.19. The molecule has 2 heteroatoms. The lowest BCUT2D eigenvalue weighted by atomic mass is 9.68. The Kier molecular flexibility index (Phi) is 4.19. The van der Waals surface area contributed by atoms with Gasteiger partial charge in [0.25, 0.3) is 0 Å². The largest absolute Gasteiger partial charge is 0.393 e. The molecule has 0 aromatic carbocycles. The van der Waals surface area contributed by atoms with Crippen LogP contribution in [0.3, 0.4) is 0 Å². The zero-order valence-electron chi connectivity index (χ0n) is 11.0. The fourth-order valence-corrected chi connectivity index (χ4v) is 2.70. The van der Waals surface area contributed by atoms with E-state index in [9.17, 15) is 5.11 Å². The predicted molar refractivity (Wildman–Crippen MR) is 64.8 cm³/mol. The van der Waals surface area contributed by atoms with Crippen molar-refractivity contribution in [1.29, 1.82) is 0 Å². The lowest BCUT2D eigenvalue weighted by molar-refractivity contribution is 0.00920. The molecule has 0 saturated heterocycles. The van der Waals surface area contributed by atoms with E-state index < -0.39 is 0 Å². The van der Waals surface area contributed by atoms with Crippen LogP contribution in [-0.2, 0) is 0 Å². The van der Waals surface area contributed by atoms with E-state index in [0.717, 1.165) is 18.9 Å². The first kappa shape index (κ1) is 13.0. The van der Waals surface area contributed by atoms with Gasteiger partial charge >= 0.3 is 0 Å². The van der Waals surface area contributed by atoms with Crippen LogP contribution < -0.4 is 0 Å². The Bertz CT molecular complexity index is 195. The fraction of sp³-hybridized carbons (Fsp3) is 1.00. The van der Waals surface area contributed by atoms with Crippen molar-refractivity contribution in [3.63, 3.8) is 0 Å². The van der Waals surface area contributed by atoms with E-state index in [2.05, 4.69) is 39.8 Å². The Morgan fingerprint density at radius 2 is 1.80 bits per heavy atom. The molecule has 3 atom stereocenters.